The minimum absolute atomic E-state index is 0.135. The fourth-order valence-corrected chi connectivity index (χ4v) is 2.75. The SMILES string of the molecule is NC(=NO)c1cc(F)ccc1Sc1cccc(Cl)c1. The zero-order valence-corrected chi connectivity index (χ0v) is 11.2. The number of nitrogens with two attached hydrogens (primary N) is 1. The molecule has 19 heavy (non-hydrogen) atoms. The predicted molar refractivity (Wildman–Crippen MR) is 74.5 cm³/mol. The van der Waals surface area contributed by atoms with Gasteiger partial charge in [0, 0.05) is 20.4 Å². The van der Waals surface area contributed by atoms with Crippen LogP contribution >= 0.6 is 23.4 Å². The van der Waals surface area contributed by atoms with Crippen LogP contribution in [0.15, 0.2) is 57.4 Å². The van der Waals surface area contributed by atoms with E-state index in [1.54, 1.807) is 18.2 Å². The molecule has 0 bridgehead atoms. The Kier molecular flexibility index (Phi) is 4.29. The van der Waals surface area contributed by atoms with E-state index in [1.165, 1.54) is 23.9 Å². The van der Waals surface area contributed by atoms with Gasteiger partial charge in [-0.3, -0.25) is 0 Å². The van der Waals surface area contributed by atoms with Crippen LogP contribution in [0.4, 0.5) is 4.39 Å². The van der Waals surface area contributed by atoms with Gasteiger partial charge in [0.25, 0.3) is 0 Å². The summed E-state index contributed by atoms with van der Waals surface area (Å²) in [5, 5.41) is 12.2. The summed E-state index contributed by atoms with van der Waals surface area (Å²) in [5.41, 5.74) is 5.88. The Bertz CT molecular complexity index is 634. The fourth-order valence-electron chi connectivity index (χ4n) is 1.50. The van der Waals surface area contributed by atoms with Gasteiger partial charge >= 0.3 is 0 Å². The van der Waals surface area contributed by atoms with Gasteiger partial charge in [-0.2, -0.15) is 0 Å². The molecule has 3 N–H and O–H groups in total. The van der Waals surface area contributed by atoms with E-state index < -0.39 is 5.82 Å². The van der Waals surface area contributed by atoms with Crippen LogP contribution in [-0.2, 0) is 0 Å². The molecule has 0 unspecified atom stereocenters. The van der Waals surface area contributed by atoms with Crippen LogP contribution in [0.3, 0.4) is 0 Å². The van der Waals surface area contributed by atoms with E-state index in [9.17, 15) is 4.39 Å². The van der Waals surface area contributed by atoms with Crippen molar-refractivity contribution in [3.8, 4) is 0 Å². The summed E-state index contributed by atoms with van der Waals surface area (Å²) in [6.45, 7) is 0. The van der Waals surface area contributed by atoms with Crippen LogP contribution in [0.2, 0.25) is 5.02 Å². The molecular formula is C13H10ClFN2OS. The molecule has 0 spiro atoms. The van der Waals surface area contributed by atoms with Crippen molar-refractivity contribution in [2.75, 3.05) is 0 Å². The fraction of sp³-hybridized carbons (Fsp3) is 0. The summed E-state index contributed by atoms with van der Waals surface area (Å²) >= 11 is 7.26. The predicted octanol–water partition coefficient (Wildman–Crippen LogP) is 3.72. The molecular weight excluding hydrogens is 287 g/mol. The molecule has 98 valence electrons. The molecule has 2 aromatic rings. The number of rotatable bonds is 3. The summed E-state index contributed by atoms with van der Waals surface area (Å²) in [7, 11) is 0. The number of oxime groups is 1. The molecule has 0 saturated heterocycles. The first kappa shape index (κ1) is 13.7. The molecule has 0 aliphatic rings. The first-order valence-corrected chi connectivity index (χ1v) is 6.50. The summed E-state index contributed by atoms with van der Waals surface area (Å²) in [6.07, 6.45) is 0. The van der Waals surface area contributed by atoms with Crippen LogP contribution < -0.4 is 5.73 Å². The molecule has 0 aliphatic carbocycles. The van der Waals surface area contributed by atoms with Crippen molar-refractivity contribution < 1.29 is 9.60 Å². The van der Waals surface area contributed by atoms with Crippen LogP contribution in [0.25, 0.3) is 0 Å². The Labute approximate surface area is 118 Å². The highest BCUT2D eigenvalue weighted by Gasteiger charge is 2.10. The molecule has 0 heterocycles. The summed E-state index contributed by atoms with van der Waals surface area (Å²) in [6, 6.07) is 11.4. The van der Waals surface area contributed by atoms with Crippen LogP contribution in [0, 0.1) is 5.82 Å². The third-order valence-corrected chi connectivity index (χ3v) is 3.65. The largest absolute Gasteiger partial charge is 0.409 e. The van der Waals surface area contributed by atoms with Crippen LogP contribution in [0.1, 0.15) is 5.56 Å². The second-order valence-corrected chi connectivity index (χ2v) is 5.24. The average Bonchev–Trinajstić information content (AvgIpc) is 2.40. The van der Waals surface area contributed by atoms with Crippen molar-refractivity contribution in [1.29, 1.82) is 0 Å². The Morgan fingerprint density at radius 3 is 2.74 bits per heavy atom. The van der Waals surface area contributed by atoms with Gasteiger partial charge in [0.05, 0.1) is 0 Å². The number of nitrogens with zero attached hydrogens (tertiary/aromatic N) is 1. The Hall–Kier alpha value is -1.72. The maximum atomic E-state index is 13.2. The van der Waals surface area contributed by atoms with Crippen molar-refractivity contribution in [2.45, 2.75) is 9.79 Å². The third-order valence-electron chi connectivity index (χ3n) is 2.35. The van der Waals surface area contributed by atoms with Gasteiger partial charge in [0.15, 0.2) is 5.84 Å². The highest BCUT2D eigenvalue weighted by molar-refractivity contribution is 7.99. The number of hydrogen-bond acceptors (Lipinski definition) is 3. The highest BCUT2D eigenvalue weighted by Crippen LogP contribution is 2.32. The summed E-state index contributed by atoms with van der Waals surface area (Å²) in [4.78, 5) is 1.56. The third kappa shape index (κ3) is 3.39. The van der Waals surface area contributed by atoms with Crippen molar-refractivity contribution in [1.82, 2.24) is 0 Å². The molecule has 0 aliphatic heterocycles. The lowest BCUT2D eigenvalue weighted by molar-refractivity contribution is 0.318. The molecule has 0 amide bonds. The normalized spacial score (nSPS) is 11.6. The minimum atomic E-state index is -0.447. The Morgan fingerprint density at radius 2 is 2.05 bits per heavy atom. The molecule has 0 radical (unpaired) electrons. The Balaban J connectivity index is 2.40. The number of benzene rings is 2. The van der Waals surface area contributed by atoms with E-state index in [0.29, 0.717) is 15.5 Å². The second kappa shape index (κ2) is 5.95. The highest BCUT2D eigenvalue weighted by atomic mass is 35.5. The lowest BCUT2D eigenvalue weighted by atomic mass is 10.2. The van der Waals surface area contributed by atoms with Gasteiger partial charge in [-0.15, -0.1) is 0 Å². The molecule has 0 atom stereocenters. The maximum Gasteiger partial charge on any atom is 0.171 e. The monoisotopic (exact) mass is 296 g/mol. The van der Waals surface area contributed by atoms with Gasteiger partial charge in [-0.25, -0.2) is 4.39 Å². The molecule has 0 saturated carbocycles. The topological polar surface area (TPSA) is 58.6 Å². The smallest absolute Gasteiger partial charge is 0.171 e. The van der Waals surface area contributed by atoms with E-state index in [0.717, 1.165) is 4.90 Å². The van der Waals surface area contributed by atoms with E-state index in [4.69, 9.17) is 22.5 Å². The lowest BCUT2D eigenvalue weighted by Gasteiger charge is -2.08. The van der Waals surface area contributed by atoms with Gasteiger partial charge in [0.1, 0.15) is 5.82 Å². The lowest BCUT2D eigenvalue weighted by Crippen LogP contribution is -2.14. The number of halogens is 2. The number of hydrogen-bond donors (Lipinski definition) is 2. The molecule has 2 aromatic carbocycles. The van der Waals surface area contributed by atoms with E-state index in [2.05, 4.69) is 5.16 Å². The molecule has 3 nitrogen and oxygen atoms in total. The van der Waals surface area contributed by atoms with Gasteiger partial charge in [-0.05, 0) is 36.4 Å². The first-order chi connectivity index (χ1) is 9.10. The molecule has 2 rings (SSSR count). The van der Waals surface area contributed by atoms with E-state index >= 15 is 0 Å². The summed E-state index contributed by atoms with van der Waals surface area (Å²) in [5.74, 6) is -0.582. The van der Waals surface area contributed by atoms with Gasteiger partial charge < -0.3 is 10.9 Å². The molecule has 0 aromatic heterocycles. The van der Waals surface area contributed by atoms with Gasteiger partial charge in [0.2, 0.25) is 0 Å². The molecule has 6 heteroatoms. The quantitative estimate of drug-likeness (QED) is 0.393. The second-order valence-electron chi connectivity index (χ2n) is 3.69. The van der Waals surface area contributed by atoms with E-state index in [1.807, 2.05) is 12.1 Å². The Morgan fingerprint density at radius 1 is 1.26 bits per heavy atom. The van der Waals surface area contributed by atoms with E-state index in [-0.39, 0.29) is 5.84 Å². The van der Waals surface area contributed by atoms with Gasteiger partial charge in [-0.1, -0.05) is 34.6 Å². The van der Waals surface area contributed by atoms with Crippen molar-refractivity contribution in [2.24, 2.45) is 10.9 Å². The van der Waals surface area contributed by atoms with Crippen LogP contribution in [0.5, 0.6) is 0 Å². The van der Waals surface area contributed by atoms with Crippen molar-refractivity contribution in [3.05, 3.63) is 58.9 Å². The summed E-state index contributed by atoms with van der Waals surface area (Å²) < 4.78 is 13.2. The zero-order chi connectivity index (χ0) is 13.8. The van der Waals surface area contributed by atoms with Crippen LogP contribution in [-0.4, -0.2) is 11.0 Å². The van der Waals surface area contributed by atoms with Crippen molar-refractivity contribution >= 4 is 29.2 Å². The molecule has 0 fully saturated rings. The maximum absolute atomic E-state index is 13.2. The zero-order valence-electron chi connectivity index (χ0n) is 9.68. The minimum Gasteiger partial charge on any atom is -0.409 e. The van der Waals surface area contributed by atoms with Crippen molar-refractivity contribution in [3.63, 3.8) is 0 Å². The average molecular weight is 297 g/mol. The standard InChI is InChI=1S/C13H10ClFN2OS/c14-8-2-1-3-10(6-8)19-12-5-4-9(15)7-11(12)13(16)17-18/h1-7,18H,(H2,16,17). The first-order valence-electron chi connectivity index (χ1n) is 5.31. The number of amidine groups is 1.